The van der Waals surface area contributed by atoms with Crippen molar-refractivity contribution in [2.24, 2.45) is 5.41 Å². The second-order valence-electron chi connectivity index (χ2n) is 7.46. The predicted octanol–water partition coefficient (Wildman–Crippen LogP) is 2.65. The van der Waals surface area contributed by atoms with E-state index in [0.29, 0.717) is 13.1 Å². The minimum absolute atomic E-state index is 0. The fourth-order valence-electron chi connectivity index (χ4n) is 3.13. The van der Waals surface area contributed by atoms with Gasteiger partial charge in [-0.1, -0.05) is 32.4 Å². The third-order valence-corrected chi connectivity index (χ3v) is 6.56. The van der Waals surface area contributed by atoms with E-state index in [0.717, 1.165) is 38.8 Å². The van der Waals surface area contributed by atoms with Crippen LogP contribution in [0.1, 0.15) is 49.9 Å². The van der Waals surface area contributed by atoms with Crippen LogP contribution in [-0.2, 0) is 10.0 Å². The monoisotopic (exact) mass is 417 g/mol. The molecule has 154 valence electrons. The van der Waals surface area contributed by atoms with E-state index >= 15 is 0 Å². The number of piperidine rings is 1. The highest BCUT2D eigenvalue weighted by molar-refractivity contribution is 7.89. The van der Waals surface area contributed by atoms with Crippen LogP contribution in [-0.4, -0.2) is 52.5 Å². The lowest BCUT2D eigenvalue weighted by Crippen LogP contribution is -2.43. The Balaban J connectivity index is 0.00000364. The van der Waals surface area contributed by atoms with E-state index in [1.807, 2.05) is 0 Å². The van der Waals surface area contributed by atoms with E-state index in [2.05, 4.69) is 23.9 Å². The number of rotatable bonds is 8. The highest BCUT2D eigenvalue weighted by Crippen LogP contribution is 2.27. The number of sulfonamides is 1. The summed E-state index contributed by atoms with van der Waals surface area (Å²) in [5.41, 5.74) is 0.170. The van der Waals surface area contributed by atoms with Gasteiger partial charge in [-0.25, -0.2) is 13.1 Å². The minimum atomic E-state index is -3.75. The molecule has 0 saturated carbocycles. The number of amides is 1. The highest BCUT2D eigenvalue weighted by atomic mass is 35.5. The Labute approximate surface area is 169 Å². The van der Waals surface area contributed by atoms with Crippen molar-refractivity contribution in [1.82, 2.24) is 14.9 Å². The summed E-state index contributed by atoms with van der Waals surface area (Å²) in [4.78, 5) is 14.4. The third kappa shape index (κ3) is 6.45. The van der Waals surface area contributed by atoms with E-state index in [1.54, 1.807) is 30.1 Å². The Morgan fingerprint density at radius 1 is 1.26 bits per heavy atom. The number of unbranched alkanes of at least 4 members (excludes halogenated alkanes) is 1. The molecule has 1 aromatic carbocycles. The van der Waals surface area contributed by atoms with Crippen molar-refractivity contribution in [2.45, 2.75) is 44.4 Å². The molecule has 0 bridgehead atoms. The smallest absolute Gasteiger partial charge is 0.254 e. The van der Waals surface area contributed by atoms with Crippen molar-refractivity contribution >= 4 is 28.3 Å². The van der Waals surface area contributed by atoms with Crippen LogP contribution >= 0.6 is 12.4 Å². The molecule has 1 saturated heterocycles. The lowest BCUT2D eigenvalue weighted by Gasteiger charge is -2.34. The molecular formula is C19H32ClN3O3S. The van der Waals surface area contributed by atoms with E-state index in [4.69, 9.17) is 0 Å². The molecule has 1 fully saturated rings. The quantitative estimate of drug-likeness (QED) is 0.681. The van der Waals surface area contributed by atoms with Crippen molar-refractivity contribution < 1.29 is 13.2 Å². The Kier molecular flexibility index (Phi) is 9.21. The van der Waals surface area contributed by atoms with Gasteiger partial charge in [0.1, 0.15) is 0 Å². The Morgan fingerprint density at radius 3 is 2.52 bits per heavy atom. The van der Waals surface area contributed by atoms with Gasteiger partial charge in [-0.15, -0.1) is 12.4 Å². The molecule has 2 rings (SSSR count). The molecule has 1 amide bonds. The first-order chi connectivity index (χ1) is 12.3. The molecule has 8 heteroatoms. The molecule has 27 heavy (non-hydrogen) atoms. The molecule has 1 aromatic rings. The van der Waals surface area contributed by atoms with E-state index in [-0.39, 0.29) is 34.2 Å². The first-order valence-electron chi connectivity index (χ1n) is 9.34. The number of hydrogen-bond donors (Lipinski definition) is 2. The molecule has 0 aliphatic carbocycles. The molecule has 0 aromatic heterocycles. The van der Waals surface area contributed by atoms with Crippen LogP contribution in [0, 0.1) is 5.41 Å². The molecule has 0 atom stereocenters. The fraction of sp³-hybridized carbons (Fsp3) is 0.632. The Morgan fingerprint density at radius 2 is 1.89 bits per heavy atom. The summed E-state index contributed by atoms with van der Waals surface area (Å²) >= 11 is 0. The zero-order chi connectivity index (χ0) is 19.2. The average Bonchev–Trinajstić information content (AvgIpc) is 2.64. The second kappa shape index (κ2) is 10.4. The molecule has 0 radical (unpaired) electrons. The van der Waals surface area contributed by atoms with E-state index in [9.17, 15) is 13.2 Å². The number of carbonyl (C=O) groups is 1. The Bertz CT molecular complexity index is 719. The van der Waals surface area contributed by atoms with Gasteiger partial charge >= 0.3 is 0 Å². The lowest BCUT2D eigenvalue weighted by atomic mass is 9.81. The summed E-state index contributed by atoms with van der Waals surface area (Å²) in [6.45, 7) is 6.95. The summed E-state index contributed by atoms with van der Waals surface area (Å²) in [5.74, 6) is -0.257. The highest BCUT2D eigenvalue weighted by Gasteiger charge is 2.30. The first kappa shape index (κ1) is 23.9. The van der Waals surface area contributed by atoms with Gasteiger partial charge in [0, 0.05) is 20.1 Å². The summed E-state index contributed by atoms with van der Waals surface area (Å²) in [6.07, 6.45) is 3.72. The maximum absolute atomic E-state index is 12.9. The fourth-order valence-corrected chi connectivity index (χ4v) is 4.53. The topological polar surface area (TPSA) is 78.5 Å². The van der Waals surface area contributed by atoms with Crippen molar-refractivity contribution in [3.05, 3.63) is 29.8 Å². The summed E-state index contributed by atoms with van der Waals surface area (Å²) in [7, 11) is -2.03. The largest absolute Gasteiger partial charge is 0.342 e. The molecule has 1 heterocycles. The van der Waals surface area contributed by atoms with Gasteiger partial charge in [0.25, 0.3) is 5.91 Å². The van der Waals surface area contributed by atoms with Gasteiger partial charge in [0.15, 0.2) is 0 Å². The van der Waals surface area contributed by atoms with Gasteiger partial charge in [-0.2, -0.15) is 0 Å². The van der Waals surface area contributed by atoms with Crippen LogP contribution in [0.15, 0.2) is 29.2 Å². The van der Waals surface area contributed by atoms with Crippen LogP contribution < -0.4 is 10.0 Å². The number of benzene rings is 1. The summed E-state index contributed by atoms with van der Waals surface area (Å²) in [6, 6.07) is 6.46. The zero-order valence-corrected chi connectivity index (χ0v) is 18.1. The molecule has 1 aliphatic rings. The van der Waals surface area contributed by atoms with Gasteiger partial charge < -0.3 is 10.2 Å². The van der Waals surface area contributed by atoms with Gasteiger partial charge in [0.2, 0.25) is 10.0 Å². The number of nitrogens with one attached hydrogen (secondary N) is 2. The molecular weight excluding hydrogens is 386 g/mol. The van der Waals surface area contributed by atoms with E-state index in [1.165, 1.54) is 6.07 Å². The zero-order valence-electron chi connectivity index (χ0n) is 16.5. The molecule has 0 unspecified atom stereocenters. The molecule has 1 aliphatic heterocycles. The standard InChI is InChI=1S/C19H31N3O3S.ClH/c1-4-5-14-22(3)18(23)16-8-6-7-9-17(16)26(24,25)21-15-19(2)10-12-20-13-11-19;/h6-9,20-21H,4-5,10-15H2,1-3H3;1H. The average molecular weight is 418 g/mol. The van der Waals surface area contributed by atoms with Crippen molar-refractivity contribution in [3.63, 3.8) is 0 Å². The number of carbonyl (C=O) groups excluding carboxylic acids is 1. The van der Waals surface area contributed by atoms with Gasteiger partial charge in [-0.3, -0.25) is 4.79 Å². The normalized spacial score (nSPS) is 16.4. The molecule has 6 nitrogen and oxygen atoms in total. The number of halogens is 1. The molecule has 2 N–H and O–H groups in total. The van der Waals surface area contributed by atoms with Crippen molar-refractivity contribution in [2.75, 3.05) is 33.2 Å². The molecule has 0 spiro atoms. The maximum atomic E-state index is 12.9. The lowest BCUT2D eigenvalue weighted by molar-refractivity contribution is 0.0789. The van der Waals surface area contributed by atoms with Crippen LogP contribution in [0.2, 0.25) is 0 Å². The van der Waals surface area contributed by atoms with E-state index < -0.39 is 10.0 Å². The Hall–Kier alpha value is -1.15. The predicted molar refractivity (Wildman–Crippen MR) is 111 cm³/mol. The van der Waals surface area contributed by atoms with Crippen molar-refractivity contribution in [1.29, 1.82) is 0 Å². The van der Waals surface area contributed by atoms with Crippen LogP contribution in [0.25, 0.3) is 0 Å². The van der Waals surface area contributed by atoms with Crippen LogP contribution in [0.5, 0.6) is 0 Å². The summed E-state index contributed by atoms with van der Waals surface area (Å²) in [5, 5.41) is 3.29. The number of nitrogens with zero attached hydrogens (tertiary/aromatic N) is 1. The maximum Gasteiger partial charge on any atom is 0.254 e. The second-order valence-corrected chi connectivity index (χ2v) is 9.20. The van der Waals surface area contributed by atoms with Crippen LogP contribution in [0.4, 0.5) is 0 Å². The summed E-state index contributed by atoms with van der Waals surface area (Å²) < 4.78 is 28.5. The van der Waals surface area contributed by atoms with Crippen LogP contribution in [0.3, 0.4) is 0 Å². The van der Waals surface area contributed by atoms with Gasteiger partial charge in [-0.05, 0) is 49.9 Å². The minimum Gasteiger partial charge on any atom is -0.342 e. The third-order valence-electron chi connectivity index (χ3n) is 5.10. The van der Waals surface area contributed by atoms with Gasteiger partial charge in [0.05, 0.1) is 10.5 Å². The van der Waals surface area contributed by atoms with Crippen molar-refractivity contribution in [3.8, 4) is 0 Å². The number of hydrogen-bond acceptors (Lipinski definition) is 4. The SMILES string of the molecule is CCCCN(C)C(=O)c1ccccc1S(=O)(=O)NCC1(C)CCNCC1.Cl. The first-order valence-corrected chi connectivity index (χ1v) is 10.8.